The van der Waals surface area contributed by atoms with Gasteiger partial charge < -0.3 is 14.6 Å². The number of hydrogen-bond donors (Lipinski definition) is 1. The number of carbonyl (C=O) groups is 2. The molecular weight excluding hydrogens is 512 g/mol. The number of thiophene rings is 1. The average molecular weight is 551 g/mol. The summed E-state index contributed by atoms with van der Waals surface area (Å²) >= 11 is 1.20. The van der Waals surface area contributed by atoms with Crippen LogP contribution in [0.1, 0.15) is 80.2 Å². The second-order valence-corrected chi connectivity index (χ2v) is 14.5. The van der Waals surface area contributed by atoms with Crippen molar-refractivity contribution >= 4 is 38.9 Å². The lowest BCUT2D eigenvalue weighted by Crippen LogP contribution is -2.46. The Morgan fingerprint density at radius 3 is 2.35 bits per heavy atom. The number of sulfonamides is 1. The first-order chi connectivity index (χ1) is 17.2. The molecular formula is C26H38N4O5S2. The van der Waals surface area contributed by atoms with E-state index in [4.69, 9.17) is 0 Å². The molecule has 204 valence electrons. The van der Waals surface area contributed by atoms with Crippen LogP contribution in [0.25, 0.3) is 0 Å². The number of rotatable bonds is 6. The van der Waals surface area contributed by atoms with E-state index in [1.165, 1.54) is 21.8 Å². The third kappa shape index (κ3) is 5.49. The first-order valence-electron chi connectivity index (χ1n) is 12.9. The van der Waals surface area contributed by atoms with Gasteiger partial charge >= 0.3 is 5.97 Å². The van der Waals surface area contributed by atoms with E-state index in [0.29, 0.717) is 23.9 Å². The van der Waals surface area contributed by atoms with E-state index >= 15 is 0 Å². The van der Waals surface area contributed by atoms with Crippen molar-refractivity contribution in [2.75, 3.05) is 18.0 Å². The Balaban J connectivity index is 1.72. The van der Waals surface area contributed by atoms with Crippen LogP contribution in [0.15, 0.2) is 17.3 Å². The maximum Gasteiger partial charge on any atom is 0.348 e. The minimum Gasteiger partial charge on any atom is -0.477 e. The van der Waals surface area contributed by atoms with Crippen LogP contribution in [0.3, 0.4) is 0 Å². The number of carbonyl (C=O) groups excluding carboxylic acids is 1. The summed E-state index contributed by atoms with van der Waals surface area (Å²) in [6.07, 6.45) is 5.36. The molecule has 1 aliphatic heterocycles. The Bertz CT molecular complexity index is 1260. The Morgan fingerprint density at radius 2 is 1.81 bits per heavy atom. The predicted molar refractivity (Wildman–Crippen MR) is 144 cm³/mol. The highest BCUT2D eigenvalue weighted by Crippen LogP contribution is 2.41. The van der Waals surface area contributed by atoms with Crippen LogP contribution in [-0.4, -0.2) is 58.4 Å². The summed E-state index contributed by atoms with van der Waals surface area (Å²) in [5.41, 5.74) is 0.105. The molecule has 2 aromatic rings. The fourth-order valence-electron chi connectivity index (χ4n) is 5.20. The van der Waals surface area contributed by atoms with Gasteiger partial charge in [-0.3, -0.25) is 4.79 Å². The number of aromatic carboxylic acids is 1. The molecule has 2 aliphatic rings. The maximum atomic E-state index is 14.1. The number of anilines is 1. The van der Waals surface area contributed by atoms with Gasteiger partial charge in [-0.2, -0.15) is 4.31 Å². The molecule has 1 saturated heterocycles. The quantitative estimate of drug-likeness (QED) is 0.570. The van der Waals surface area contributed by atoms with Crippen LogP contribution in [0.5, 0.6) is 0 Å². The van der Waals surface area contributed by atoms with Crippen LogP contribution in [0.4, 0.5) is 5.69 Å². The van der Waals surface area contributed by atoms with E-state index in [1.807, 2.05) is 26.8 Å². The van der Waals surface area contributed by atoms with Crippen LogP contribution in [-0.2, 0) is 27.3 Å². The molecule has 1 atom stereocenters. The number of aromatic nitrogens is 2. The highest BCUT2D eigenvalue weighted by Gasteiger charge is 2.42. The fourth-order valence-corrected chi connectivity index (χ4v) is 7.77. The summed E-state index contributed by atoms with van der Waals surface area (Å²) in [5.74, 6) is -0.200. The van der Waals surface area contributed by atoms with Crippen LogP contribution in [0.2, 0.25) is 0 Å². The van der Waals surface area contributed by atoms with Gasteiger partial charge in [0, 0.05) is 37.1 Å². The number of amides is 1. The predicted octanol–water partition coefficient (Wildman–Crippen LogP) is 4.41. The molecule has 1 saturated carbocycles. The topological polar surface area (TPSA) is 113 Å². The monoisotopic (exact) mass is 550 g/mol. The molecule has 9 nitrogen and oxygen atoms in total. The number of nitrogens with zero attached hydrogens (tertiary/aromatic N) is 4. The molecule has 2 fully saturated rings. The van der Waals surface area contributed by atoms with Gasteiger partial charge in [-0.25, -0.2) is 18.2 Å². The number of imidazole rings is 1. The summed E-state index contributed by atoms with van der Waals surface area (Å²) in [5, 5.41) is 10.1. The van der Waals surface area contributed by atoms with Crippen molar-refractivity contribution in [3.05, 3.63) is 27.8 Å². The normalized spacial score (nSPS) is 23.4. The van der Waals surface area contributed by atoms with Gasteiger partial charge in [0.15, 0.2) is 5.03 Å². The van der Waals surface area contributed by atoms with E-state index in [9.17, 15) is 23.1 Å². The summed E-state index contributed by atoms with van der Waals surface area (Å²) in [6, 6.07) is 1.38. The number of carboxylic acids is 1. The maximum absolute atomic E-state index is 14.1. The molecule has 2 aromatic heterocycles. The first kappa shape index (κ1) is 27.8. The Kier molecular flexibility index (Phi) is 7.62. The Hall–Kier alpha value is -2.24. The van der Waals surface area contributed by atoms with E-state index < -0.39 is 22.0 Å². The molecule has 0 spiro atoms. The van der Waals surface area contributed by atoms with Gasteiger partial charge in [-0.15, -0.1) is 11.3 Å². The molecule has 1 N–H and O–H groups in total. The largest absolute Gasteiger partial charge is 0.477 e. The van der Waals surface area contributed by atoms with Gasteiger partial charge in [-0.1, -0.05) is 27.7 Å². The first-order valence-corrected chi connectivity index (χ1v) is 15.2. The lowest BCUT2D eigenvalue weighted by Gasteiger charge is -2.34. The molecule has 0 bridgehead atoms. The molecule has 0 unspecified atom stereocenters. The summed E-state index contributed by atoms with van der Waals surface area (Å²) in [6.45, 7) is 10.3. The van der Waals surface area contributed by atoms with Crippen molar-refractivity contribution in [1.82, 2.24) is 13.9 Å². The lowest BCUT2D eigenvalue weighted by molar-refractivity contribution is -0.124. The average Bonchev–Trinajstić information content (AvgIpc) is 3.54. The Morgan fingerprint density at radius 1 is 1.16 bits per heavy atom. The zero-order valence-electron chi connectivity index (χ0n) is 22.5. The molecule has 11 heteroatoms. The van der Waals surface area contributed by atoms with Crippen molar-refractivity contribution in [1.29, 1.82) is 0 Å². The van der Waals surface area contributed by atoms with Gasteiger partial charge in [0.1, 0.15) is 10.7 Å². The van der Waals surface area contributed by atoms with E-state index in [-0.39, 0.29) is 40.2 Å². The highest BCUT2D eigenvalue weighted by atomic mass is 32.2. The van der Waals surface area contributed by atoms with E-state index in [1.54, 1.807) is 23.4 Å². The van der Waals surface area contributed by atoms with Crippen LogP contribution >= 0.6 is 11.3 Å². The highest BCUT2D eigenvalue weighted by molar-refractivity contribution is 7.89. The minimum absolute atomic E-state index is 0.0101. The van der Waals surface area contributed by atoms with Crippen molar-refractivity contribution in [3.63, 3.8) is 0 Å². The SMILES string of the molecule is Cc1nc(S(=O)(=O)N2CC[C@H](N(C(=O)C3CCC(C)CC3)c3cc(C(C)(C)C)sc3C(=O)O)C2)cn1C. The third-order valence-electron chi connectivity index (χ3n) is 7.69. The molecule has 0 aromatic carbocycles. The smallest absolute Gasteiger partial charge is 0.348 e. The molecule has 0 radical (unpaired) electrons. The molecule has 1 aliphatic carbocycles. The minimum atomic E-state index is -3.84. The van der Waals surface area contributed by atoms with Crippen molar-refractivity contribution in [2.45, 2.75) is 83.2 Å². The van der Waals surface area contributed by atoms with E-state index in [0.717, 1.165) is 30.6 Å². The molecule has 1 amide bonds. The van der Waals surface area contributed by atoms with Gasteiger partial charge in [0.25, 0.3) is 10.0 Å². The lowest BCUT2D eigenvalue weighted by atomic mass is 9.82. The molecule has 3 heterocycles. The van der Waals surface area contributed by atoms with Crippen LogP contribution < -0.4 is 4.90 Å². The van der Waals surface area contributed by atoms with Gasteiger partial charge in [0.05, 0.1) is 11.7 Å². The fraction of sp³-hybridized carbons (Fsp3) is 0.654. The third-order valence-corrected chi connectivity index (χ3v) is 11.0. The second kappa shape index (κ2) is 10.1. The number of carboxylic acid groups (broad SMARTS) is 1. The Labute approximate surface area is 223 Å². The van der Waals surface area contributed by atoms with Crippen molar-refractivity contribution in [3.8, 4) is 0 Å². The number of hydrogen-bond acceptors (Lipinski definition) is 6. The molecule has 4 rings (SSSR count). The van der Waals surface area contributed by atoms with E-state index in [2.05, 4.69) is 11.9 Å². The standard InChI is InChI=1S/C26H38N4O5S2/c1-16-7-9-18(10-8-16)24(31)30(20-13-21(26(3,4)5)36-23(20)25(32)33)19-11-12-29(14-19)37(34,35)22-15-28(6)17(2)27-22/h13,15-16,18-19H,7-12,14H2,1-6H3,(H,32,33)/t16?,18?,19-/m0/s1. The molecule has 37 heavy (non-hydrogen) atoms. The van der Waals surface area contributed by atoms with Gasteiger partial charge in [-0.05, 0) is 56.4 Å². The zero-order valence-corrected chi connectivity index (χ0v) is 24.2. The second-order valence-electron chi connectivity index (χ2n) is 11.6. The summed E-state index contributed by atoms with van der Waals surface area (Å²) in [7, 11) is -2.10. The summed E-state index contributed by atoms with van der Waals surface area (Å²) < 4.78 is 29.8. The zero-order chi connectivity index (χ0) is 27.3. The number of aryl methyl sites for hydroxylation is 2. The van der Waals surface area contributed by atoms with Gasteiger partial charge in [0.2, 0.25) is 5.91 Å². The summed E-state index contributed by atoms with van der Waals surface area (Å²) in [4.78, 5) is 33.2. The van der Waals surface area contributed by atoms with Crippen molar-refractivity contribution < 1.29 is 23.1 Å². The van der Waals surface area contributed by atoms with Crippen molar-refractivity contribution in [2.24, 2.45) is 18.9 Å². The van der Waals surface area contributed by atoms with Crippen LogP contribution in [0, 0.1) is 18.8 Å².